The first-order valence-corrected chi connectivity index (χ1v) is 12.6. The van der Waals surface area contributed by atoms with Crippen LogP contribution in [0.1, 0.15) is 4.88 Å². The van der Waals surface area contributed by atoms with E-state index in [9.17, 15) is 9.59 Å². The number of rotatable bonds is 8. The third kappa shape index (κ3) is 5.52. The van der Waals surface area contributed by atoms with Crippen LogP contribution in [-0.4, -0.2) is 70.9 Å². The molecule has 170 valence electrons. The molecule has 1 saturated heterocycles. The number of benzene rings is 1. The van der Waals surface area contributed by atoms with Gasteiger partial charge in [0.15, 0.2) is 5.16 Å². The Bertz CT molecular complexity index is 1130. The molecular formula is C22H25ClN4O3S2. The number of thioether (sulfide) groups is 1. The minimum atomic E-state index is -0.152. The normalized spacial score (nSPS) is 14.9. The van der Waals surface area contributed by atoms with Gasteiger partial charge in [0.05, 0.1) is 29.8 Å². The lowest BCUT2D eigenvalue weighted by Crippen LogP contribution is -2.48. The number of nitrogens with zero attached hydrogens (tertiary/aromatic N) is 4. The van der Waals surface area contributed by atoms with Gasteiger partial charge in [0.2, 0.25) is 5.91 Å². The molecule has 1 aliphatic rings. The SMILES string of the molecule is COCCn1c(SCC(=O)N2CCN(Cc3cccs3)CC2)nc2cc(Cl)ccc2c1=O. The van der Waals surface area contributed by atoms with E-state index in [1.54, 1.807) is 41.2 Å². The highest BCUT2D eigenvalue weighted by atomic mass is 35.5. The smallest absolute Gasteiger partial charge is 0.262 e. The van der Waals surface area contributed by atoms with Gasteiger partial charge in [-0.15, -0.1) is 11.3 Å². The Labute approximate surface area is 199 Å². The summed E-state index contributed by atoms with van der Waals surface area (Å²) >= 11 is 9.14. The van der Waals surface area contributed by atoms with Crippen LogP contribution in [-0.2, 0) is 22.6 Å². The molecule has 3 aromatic rings. The average molecular weight is 493 g/mol. The zero-order chi connectivity index (χ0) is 22.5. The molecule has 7 nitrogen and oxygen atoms in total. The zero-order valence-corrected chi connectivity index (χ0v) is 20.2. The lowest BCUT2D eigenvalue weighted by Gasteiger charge is -2.34. The Hall–Kier alpha value is -1.91. The molecule has 1 aliphatic heterocycles. The van der Waals surface area contributed by atoms with Gasteiger partial charge in [0.1, 0.15) is 0 Å². The number of carbonyl (C=O) groups is 1. The van der Waals surface area contributed by atoms with Gasteiger partial charge in [0.25, 0.3) is 5.56 Å². The fourth-order valence-corrected chi connectivity index (χ4v) is 5.50. The minimum Gasteiger partial charge on any atom is -0.383 e. The van der Waals surface area contributed by atoms with E-state index in [-0.39, 0.29) is 17.2 Å². The maximum absolute atomic E-state index is 13.0. The van der Waals surface area contributed by atoms with Gasteiger partial charge in [-0.3, -0.25) is 19.1 Å². The van der Waals surface area contributed by atoms with Crippen molar-refractivity contribution in [1.29, 1.82) is 0 Å². The molecule has 0 N–H and O–H groups in total. The maximum atomic E-state index is 13.0. The molecule has 1 aromatic carbocycles. The highest BCUT2D eigenvalue weighted by Crippen LogP contribution is 2.21. The van der Waals surface area contributed by atoms with Crippen LogP contribution in [0, 0.1) is 0 Å². The van der Waals surface area contributed by atoms with Gasteiger partial charge in [-0.2, -0.15) is 0 Å². The molecule has 2 aromatic heterocycles. The molecule has 0 spiro atoms. The van der Waals surface area contributed by atoms with Gasteiger partial charge >= 0.3 is 0 Å². The molecule has 10 heteroatoms. The van der Waals surface area contributed by atoms with Gasteiger partial charge in [-0.1, -0.05) is 29.4 Å². The lowest BCUT2D eigenvalue weighted by atomic mass is 10.2. The summed E-state index contributed by atoms with van der Waals surface area (Å²) in [6.07, 6.45) is 0. The van der Waals surface area contributed by atoms with E-state index in [0.717, 1.165) is 19.6 Å². The molecule has 0 aliphatic carbocycles. The molecule has 0 radical (unpaired) electrons. The second-order valence-electron chi connectivity index (χ2n) is 7.53. The van der Waals surface area contributed by atoms with Crippen LogP contribution in [0.2, 0.25) is 5.02 Å². The number of halogens is 1. The van der Waals surface area contributed by atoms with Gasteiger partial charge < -0.3 is 9.64 Å². The largest absolute Gasteiger partial charge is 0.383 e. The number of methoxy groups -OCH3 is 1. The third-order valence-corrected chi connectivity index (χ3v) is 7.47. The number of thiophene rings is 1. The number of fused-ring (bicyclic) bond motifs is 1. The monoisotopic (exact) mass is 492 g/mol. The van der Waals surface area contributed by atoms with Crippen molar-refractivity contribution >= 4 is 51.5 Å². The quantitative estimate of drug-likeness (QED) is 0.355. The number of hydrogen-bond acceptors (Lipinski definition) is 7. The summed E-state index contributed by atoms with van der Waals surface area (Å²) in [5, 5.41) is 3.62. The summed E-state index contributed by atoms with van der Waals surface area (Å²) in [7, 11) is 1.59. The van der Waals surface area contributed by atoms with Crippen molar-refractivity contribution in [1.82, 2.24) is 19.4 Å². The lowest BCUT2D eigenvalue weighted by molar-refractivity contribution is -0.130. The number of piperazine rings is 1. The fraction of sp³-hybridized carbons (Fsp3) is 0.409. The zero-order valence-electron chi connectivity index (χ0n) is 17.8. The first-order chi connectivity index (χ1) is 15.5. The Balaban J connectivity index is 1.41. The van der Waals surface area contributed by atoms with E-state index in [2.05, 4.69) is 27.4 Å². The highest BCUT2D eigenvalue weighted by Gasteiger charge is 2.22. The Morgan fingerprint density at radius 2 is 2.06 bits per heavy atom. The van der Waals surface area contributed by atoms with Crippen LogP contribution in [0.25, 0.3) is 10.9 Å². The number of hydrogen-bond donors (Lipinski definition) is 0. The molecule has 0 saturated carbocycles. The minimum absolute atomic E-state index is 0.0597. The molecule has 32 heavy (non-hydrogen) atoms. The summed E-state index contributed by atoms with van der Waals surface area (Å²) in [5.41, 5.74) is 0.383. The molecular weight excluding hydrogens is 468 g/mol. The van der Waals surface area contributed by atoms with Gasteiger partial charge in [0, 0.05) is 49.7 Å². The van der Waals surface area contributed by atoms with Crippen LogP contribution < -0.4 is 5.56 Å². The Kier molecular flexibility index (Phi) is 7.85. The predicted molar refractivity (Wildman–Crippen MR) is 130 cm³/mol. The van der Waals surface area contributed by atoms with E-state index >= 15 is 0 Å². The Morgan fingerprint density at radius 1 is 1.25 bits per heavy atom. The van der Waals surface area contributed by atoms with E-state index in [0.29, 0.717) is 47.3 Å². The van der Waals surface area contributed by atoms with E-state index in [4.69, 9.17) is 16.3 Å². The topological polar surface area (TPSA) is 67.7 Å². The number of amides is 1. The van der Waals surface area contributed by atoms with Crippen LogP contribution in [0.3, 0.4) is 0 Å². The summed E-state index contributed by atoms with van der Waals surface area (Å²) in [4.78, 5) is 36.1. The summed E-state index contributed by atoms with van der Waals surface area (Å²) in [5.74, 6) is 0.292. The number of carbonyl (C=O) groups excluding carboxylic acids is 1. The van der Waals surface area contributed by atoms with E-state index < -0.39 is 0 Å². The summed E-state index contributed by atoms with van der Waals surface area (Å²) < 4.78 is 6.74. The van der Waals surface area contributed by atoms with Crippen molar-refractivity contribution in [3.8, 4) is 0 Å². The highest BCUT2D eigenvalue weighted by molar-refractivity contribution is 7.99. The molecule has 0 unspecified atom stereocenters. The Morgan fingerprint density at radius 3 is 2.78 bits per heavy atom. The van der Waals surface area contributed by atoms with E-state index in [1.165, 1.54) is 16.6 Å². The first-order valence-electron chi connectivity index (χ1n) is 10.4. The van der Waals surface area contributed by atoms with Gasteiger partial charge in [-0.05, 0) is 29.6 Å². The molecule has 0 bridgehead atoms. The average Bonchev–Trinajstić information content (AvgIpc) is 3.30. The molecule has 4 rings (SSSR count). The third-order valence-electron chi connectivity index (χ3n) is 5.41. The van der Waals surface area contributed by atoms with Gasteiger partial charge in [-0.25, -0.2) is 4.98 Å². The van der Waals surface area contributed by atoms with Crippen LogP contribution in [0.5, 0.6) is 0 Å². The molecule has 0 atom stereocenters. The van der Waals surface area contributed by atoms with Crippen LogP contribution in [0.15, 0.2) is 45.7 Å². The van der Waals surface area contributed by atoms with Crippen molar-refractivity contribution < 1.29 is 9.53 Å². The number of aromatic nitrogens is 2. The van der Waals surface area contributed by atoms with E-state index in [1.807, 2.05) is 4.90 Å². The summed E-state index contributed by atoms with van der Waals surface area (Å²) in [6, 6.07) is 9.26. The van der Waals surface area contributed by atoms with Crippen molar-refractivity contribution in [2.45, 2.75) is 18.2 Å². The fourth-order valence-electron chi connectivity index (χ4n) is 3.66. The second-order valence-corrected chi connectivity index (χ2v) is 9.94. The van der Waals surface area contributed by atoms with Crippen molar-refractivity contribution in [3.05, 3.63) is 56.0 Å². The predicted octanol–water partition coefficient (Wildman–Crippen LogP) is 3.19. The second kappa shape index (κ2) is 10.8. The van der Waals surface area contributed by atoms with Crippen molar-refractivity contribution in [3.63, 3.8) is 0 Å². The first kappa shape index (κ1) is 23.3. The molecule has 1 fully saturated rings. The van der Waals surface area contributed by atoms with Crippen LogP contribution in [0.4, 0.5) is 0 Å². The standard InChI is InChI=1S/C22H25ClN4O3S2/c1-30-11-10-27-21(29)18-5-4-16(23)13-19(18)24-22(27)32-15-20(28)26-8-6-25(7-9-26)14-17-3-2-12-31-17/h2-5,12-13H,6-11,14-15H2,1H3. The maximum Gasteiger partial charge on any atom is 0.262 e. The van der Waals surface area contributed by atoms with Crippen molar-refractivity contribution in [2.75, 3.05) is 45.6 Å². The van der Waals surface area contributed by atoms with Crippen molar-refractivity contribution in [2.24, 2.45) is 0 Å². The molecule has 1 amide bonds. The number of ether oxygens (including phenoxy) is 1. The summed E-state index contributed by atoms with van der Waals surface area (Å²) in [6.45, 7) is 4.83. The van der Waals surface area contributed by atoms with Crippen LogP contribution >= 0.6 is 34.7 Å². The molecule has 3 heterocycles.